The first-order chi connectivity index (χ1) is 8.15. The molecule has 4 nitrogen and oxygen atoms in total. The molecule has 0 N–H and O–H groups in total. The molecule has 1 aromatic rings. The van der Waals surface area contributed by atoms with Crippen LogP contribution in [0, 0.1) is 0 Å². The number of nitrogens with zero attached hydrogens (tertiary/aromatic N) is 3. The van der Waals surface area contributed by atoms with Gasteiger partial charge in [0.15, 0.2) is 0 Å². The number of likely N-dealkylation sites (N-methyl/N-ethyl adjacent to an activating group) is 1. The van der Waals surface area contributed by atoms with Crippen molar-refractivity contribution in [3.63, 3.8) is 0 Å². The van der Waals surface area contributed by atoms with Gasteiger partial charge in [-0.25, -0.2) is 0 Å². The van der Waals surface area contributed by atoms with Gasteiger partial charge in [-0.2, -0.15) is 0 Å². The lowest BCUT2D eigenvalue weighted by Gasteiger charge is -2.21. The quantitative estimate of drug-likeness (QED) is 0.788. The first-order valence-electron chi connectivity index (χ1n) is 6.08. The highest BCUT2D eigenvalue weighted by Gasteiger charge is 2.20. The molecule has 0 amide bonds. The first-order valence-corrected chi connectivity index (χ1v) is 6.08. The van der Waals surface area contributed by atoms with Crippen LogP contribution < -0.4 is 4.74 Å². The average Bonchev–Trinajstić information content (AvgIpc) is 2.43. The molecule has 17 heavy (non-hydrogen) atoms. The van der Waals surface area contributed by atoms with Crippen LogP contribution in [0.5, 0.6) is 5.75 Å². The van der Waals surface area contributed by atoms with Gasteiger partial charge in [-0.3, -0.25) is 9.88 Å². The lowest BCUT2D eigenvalue weighted by atomic mass is 10.2. The van der Waals surface area contributed by atoms with Crippen LogP contribution in [0.2, 0.25) is 0 Å². The number of hydrogen-bond donors (Lipinski definition) is 0. The highest BCUT2D eigenvalue weighted by atomic mass is 16.5. The van der Waals surface area contributed by atoms with Crippen LogP contribution in [0.4, 0.5) is 0 Å². The van der Waals surface area contributed by atoms with Gasteiger partial charge in [0.2, 0.25) is 0 Å². The van der Waals surface area contributed by atoms with Crippen LogP contribution in [0.3, 0.4) is 0 Å². The van der Waals surface area contributed by atoms with E-state index in [1.54, 1.807) is 6.20 Å². The Kier molecular flexibility index (Phi) is 3.97. The van der Waals surface area contributed by atoms with Crippen molar-refractivity contribution in [2.75, 3.05) is 34.2 Å². The molecule has 4 heteroatoms. The maximum Gasteiger partial charge on any atom is 0.127 e. The second kappa shape index (κ2) is 5.47. The highest BCUT2D eigenvalue weighted by molar-refractivity contribution is 5.31. The van der Waals surface area contributed by atoms with Gasteiger partial charge in [0.1, 0.15) is 11.9 Å². The van der Waals surface area contributed by atoms with Crippen LogP contribution in [-0.2, 0) is 6.54 Å². The second-order valence-electron chi connectivity index (χ2n) is 5.01. The number of aromatic nitrogens is 1. The Labute approximate surface area is 103 Å². The Morgan fingerprint density at radius 3 is 3.12 bits per heavy atom. The number of hydrogen-bond acceptors (Lipinski definition) is 4. The van der Waals surface area contributed by atoms with E-state index in [0.717, 1.165) is 31.8 Å². The van der Waals surface area contributed by atoms with Gasteiger partial charge in [0.25, 0.3) is 0 Å². The van der Waals surface area contributed by atoms with Crippen LogP contribution in [0.1, 0.15) is 12.0 Å². The van der Waals surface area contributed by atoms with E-state index in [9.17, 15) is 0 Å². The molecule has 1 aliphatic rings. The zero-order chi connectivity index (χ0) is 12.3. The topological polar surface area (TPSA) is 28.6 Å². The van der Waals surface area contributed by atoms with Gasteiger partial charge in [-0.1, -0.05) is 0 Å². The third-order valence-electron chi connectivity index (χ3n) is 3.01. The Hall–Kier alpha value is -1.13. The zero-order valence-electron chi connectivity index (χ0n) is 10.9. The van der Waals surface area contributed by atoms with Crippen molar-refractivity contribution in [2.24, 2.45) is 0 Å². The summed E-state index contributed by atoms with van der Waals surface area (Å²) < 4.78 is 6.07. The van der Waals surface area contributed by atoms with E-state index in [4.69, 9.17) is 4.74 Å². The molecule has 1 atom stereocenters. The van der Waals surface area contributed by atoms with Gasteiger partial charge in [-0.05, 0) is 33.6 Å². The number of rotatable bonds is 3. The first kappa shape index (κ1) is 12.3. The molecular weight excluding hydrogens is 214 g/mol. The van der Waals surface area contributed by atoms with E-state index in [-0.39, 0.29) is 6.10 Å². The minimum atomic E-state index is 0.269. The van der Waals surface area contributed by atoms with Crippen LogP contribution >= 0.6 is 0 Å². The molecule has 1 unspecified atom stereocenters. The van der Waals surface area contributed by atoms with E-state index in [0.29, 0.717) is 0 Å². The van der Waals surface area contributed by atoms with E-state index in [2.05, 4.69) is 35.9 Å². The molecule has 2 heterocycles. The maximum absolute atomic E-state index is 6.07. The third-order valence-corrected chi connectivity index (χ3v) is 3.01. The van der Waals surface area contributed by atoms with Crippen molar-refractivity contribution in [3.05, 3.63) is 24.0 Å². The SMILES string of the molecule is CN(C)CCC1CN(C)Cc2cnccc2O1. The summed E-state index contributed by atoms with van der Waals surface area (Å²) in [6, 6.07) is 1.97. The maximum atomic E-state index is 6.07. The van der Waals surface area contributed by atoms with Crippen molar-refractivity contribution in [3.8, 4) is 5.75 Å². The molecule has 94 valence electrons. The second-order valence-corrected chi connectivity index (χ2v) is 5.01. The largest absolute Gasteiger partial charge is 0.489 e. The molecule has 0 aromatic carbocycles. The van der Waals surface area contributed by atoms with Gasteiger partial charge >= 0.3 is 0 Å². The molecule has 0 spiro atoms. The van der Waals surface area contributed by atoms with Crippen molar-refractivity contribution in [1.29, 1.82) is 0 Å². The lowest BCUT2D eigenvalue weighted by molar-refractivity contribution is 0.144. The molecule has 0 radical (unpaired) electrons. The van der Waals surface area contributed by atoms with Crippen LogP contribution in [0.15, 0.2) is 18.5 Å². The smallest absolute Gasteiger partial charge is 0.127 e. The summed E-state index contributed by atoms with van der Waals surface area (Å²) in [6.45, 7) is 2.95. The predicted molar refractivity (Wildman–Crippen MR) is 68.2 cm³/mol. The summed E-state index contributed by atoms with van der Waals surface area (Å²) in [5.74, 6) is 0.994. The molecule has 1 aliphatic heterocycles. The Morgan fingerprint density at radius 1 is 1.53 bits per heavy atom. The molecule has 0 saturated heterocycles. The normalized spacial score (nSPS) is 20.8. The van der Waals surface area contributed by atoms with E-state index >= 15 is 0 Å². The average molecular weight is 235 g/mol. The molecule has 1 aromatic heterocycles. The monoisotopic (exact) mass is 235 g/mol. The fourth-order valence-corrected chi connectivity index (χ4v) is 2.12. The van der Waals surface area contributed by atoms with Crippen molar-refractivity contribution < 1.29 is 4.74 Å². The predicted octanol–water partition coefficient (Wildman–Crippen LogP) is 1.23. The molecular formula is C13H21N3O. The third kappa shape index (κ3) is 3.41. The highest BCUT2D eigenvalue weighted by Crippen LogP contribution is 2.24. The Morgan fingerprint density at radius 2 is 2.35 bits per heavy atom. The Bertz CT molecular complexity index is 367. The summed E-state index contributed by atoms with van der Waals surface area (Å²) >= 11 is 0. The van der Waals surface area contributed by atoms with Crippen LogP contribution in [0.25, 0.3) is 0 Å². The van der Waals surface area contributed by atoms with E-state index in [1.807, 2.05) is 12.3 Å². The van der Waals surface area contributed by atoms with E-state index < -0.39 is 0 Å². The van der Waals surface area contributed by atoms with Crippen molar-refractivity contribution >= 4 is 0 Å². The summed E-state index contributed by atoms with van der Waals surface area (Å²) in [5, 5.41) is 0. The summed E-state index contributed by atoms with van der Waals surface area (Å²) in [5.41, 5.74) is 1.18. The van der Waals surface area contributed by atoms with Crippen LogP contribution in [-0.4, -0.2) is 55.1 Å². The van der Waals surface area contributed by atoms with Crippen molar-refractivity contribution in [2.45, 2.75) is 19.1 Å². The van der Waals surface area contributed by atoms with Gasteiger partial charge in [0.05, 0.1) is 0 Å². The summed E-state index contributed by atoms with van der Waals surface area (Å²) in [7, 11) is 6.32. The van der Waals surface area contributed by atoms with E-state index in [1.165, 1.54) is 5.56 Å². The molecule has 0 saturated carbocycles. The molecule has 0 fully saturated rings. The number of pyridine rings is 1. The summed E-state index contributed by atoms with van der Waals surface area (Å²) in [6.07, 6.45) is 5.03. The molecule has 0 bridgehead atoms. The van der Waals surface area contributed by atoms with Gasteiger partial charge < -0.3 is 9.64 Å². The van der Waals surface area contributed by atoms with Gasteiger partial charge in [0, 0.05) is 37.6 Å². The minimum Gasteiger partial charge on any atom is -0.489 e. The number of ether oxygens (including phenoxy) is 1. The fourth-order valence-electron chi connectivity index (χ4n) is 2.12. The fraction of sp³-hybridized carbons (Fsp3) is 0.615. The standard InChI is InChI=1S/C13H21N3O/c1-15(2)7-5-12-10-16(3)9-11-8-14-6-4-13(11)17-12/h4,6,8,12H,5,7,9-10H2,1-3H3. The minimum absolute atomic E-state index is 0.269. The Balaban J connectivity index is 2.07. The molecule has 0 aliphatic carbocycles. The van der Waals surface area contributed by atoms with Crippen molar-refractivity contribution in [1.82, 2.24) is 14.8 Å². The summed E-state index contributed by atoms with van der Waals surface area (Å²) in [4.78, 5) is 8.65. The number of fused-ring (bicyclic) bond motifs is 1. The van der Waals surface area contributed by atoms with Gasteiger partial charge in [-0.15, -0.1) is 0 Å². The zero-order valence-corrected chi connectivity index (χ0v) is 10.9. The lowest BCUT2D eigenvalue weighted by Crippen LogP contribution is -2.32. The molecule has 2 rings (SSSR count).